The molecule has 3 nitrogen and oxygen atoms in total. The van der Waals surface area contributed by atoms with Crippen LogP contribution in [0, 0.1) is 0 Å². The molecule has 0 saturated heterocycles. The van der Waals surface area contributed by atoms with Gasteiger partial charge in [-0.2, -0.15) is 0 Å². The number of hydrogen-bond acceptors (Lipinski definition) is 2. The smallest absolute Gasteiger partial charge is 0.291 e. The molecule has 0 aromatic heterocycles. The summed E-state index contributed by atoms with van der Waals surface area (Å²) in [5.74, 6) is 0.716. The highest BCUT2D eigenvalue weighted by atomic mass is 79.9. The van der Waals surface area contributed by atoms with Crippen molar-refractivity contribution in [2.45, 2.75) is 0 Å². The summed E-state index contributed by atoms with van der Waals surface area (Å²) >= 11 is 2.77. The lowest BCUT2D eigenvalue weighted by Crippen LogP contribution is -1.99. The zero-order valence-electron chi connectivity index (χ0n) is 6.50. The lowest BCUT2D eigenvalue weighted by atomic mass is 10.3. The number of carbonyl (C=O) groups excluding carboxylic acids is 1. The van der Waals surface area contributed by atoms with E-state index in [1.54, 1.807) is 25.3 Å². The number of carbonyl (C=O) groups is 1. The highest BCUT2D eigenvalue weighted by molar-refractivity contribution is 9.18. The first-order chi connectivity index (χ1) is 5.72. The van der Waals surface area contributed by atoms with Gasteiger partial charge in [-0.3, -0.25) is 4.79 Å². The van der Waals surface area contributed by atoms with Crippen LogP contribution < -0.4 is 10.1 Å². The van der Waals surface area contributed by atoms with E-state index in [1.165, 1.54) is 0 Å². The van der Waals surface area contributed by atoms with E-state index in [9.17, 15) is 4.79 Å². The lowest BCUT2D eigenvalue weighted by molar-refractivity contribution is 0.270. The van der Waals surface area contributed by atoms with Gasteiger partial charge in [-0.05, 0) is 12.1 Å². The molecule has 0 heterocycles. The molecule has 1 N–H and O–H groups in total. The van der Waals surface area contributed by atoms with E-state index in [4.69, 9.17) is 4.74 Å². The Bertz CT molecular complexity index is 288. The molecular weight excluding hydrogens is 222 g/mol. The van der Waals surface area contributed by atoms with E-state index < -0.39 is 0 Å². The number of benzene rings is 1. The Hall–Kier alpha value is -1.03. The minimum absolute atomic E-state index is 0.268. The molecule has 12 heavy (non-hydrogen) atoms. The predicted molar refractivity (Wildman–Crippen MR) is 50.9 cm³/mol. The van der Waals surface area contributed by atoms with E-state index in [0.29, 0.717) is 11.4 Å². The molecule has 0 fully saturated rings. The second-order valence-corrected chi connectivity index (χ2v) is 2.85. The Balaban J connectivity index is 2.79. The molecule has 0 aliphatic rings. The zero-order chi connectivity index (χ0) is 8.97. The molecule has 1 aromatic carbocycles. The van der Waals surface area contributed by atoms with Crippen LogP contribution >= 0.6 is 15.9 Å². The van der Waals surface area contributed by atoms with Gasteiger partial charge < -0.3 is 10.1 Å². The summed E-state index contributed by atoms with van der Waals surface area (Å²) in [6.07, 6.45) is 0. The largest absolute Gasteiger partial charge is 0.497 e. The van der Waals surface area contributed by atoms with Crippen LogP contribution in [-0.2, 0) is 0 Å². The van der Waals surface area contributed by atoms with Crippen LogP contribution in [-0.4, -0.2) is 11.9 Å². The van der Waals surface area contributed by atoms with E-state index in [1.807, 2.05) is 6.07 Å². The Labute approximate surface area is 78.9 Å². The monoisotopic (exact) mass is 229 g/mol. The first kappa shape index (κ1) is 9.06. The predicted octanol–water partition coefficient (Wildman–Crippen LogP) is 2.62. The highest BCUT2D eigenvalue weighted by Crippen LogP contribution is 2.16. The molecule has 64 valence electrons. The number of rotatable bonds is 2. The molecule has 1 amide bonds. The Kier molecular flexibility index (Phi) is 3.10. The van der Waals surface area contributed by atoms with Crippen molar-refractivity contribution >= 4 is 26.4 Å². The summed E-state index contributed by atoms with van der Waals surface area (Å²) in [5, 5.41) is 2.58. The van der Waals surface area contributed by atoms with Crippen molar-refractivity contribution in [2.24, 2.45) is 0 Å². The van der Waals surface area contributed by atoms with Gasteiger partial charge in [0.05, 0.1) is 7.11 Å². The molecule has 0 saturated carbocycles. The van der Waals surface area contributed by atoms with Crippen LogP contribution in [0.2, 0.25) is 0 Å². The Morgan fingerprint density at radius 1 is 1.58 bits per heavy atom. The molecular formula is C8H8BrNO2. The fraction of sp³-hybridized carbons (Fsp3) is 0.125. The summed E-state index contributed by atoms with van der Waals surface area (Å²) in [7, 11) is 1.58. The van der Waals surface area contributed by atoms with Crippen molar-refractivity contribution in [2.75, 3.05) is 12.4 Å². The summed E-state index contributed by atoms with van der Waals surface area (Å²) in [6, 6.07) is 7.13. The average molecular weight is 230 g/mol. The average Bonchev–Trinajstić information content (AvgIpc) is 2.03. The summed E-state index contributed by atoms with van der Waals surface area (Å²) < 4.78 is 4.97. The molecule has 0 atom stereocenters. The van der Waals surface area contributed by atoms with Crippen LogP contribution in [0.25, 0.3) is 0 Å². The maximum Gasteiger partial charge on any atom is 0.291 e. The van der Waals surface area contributed by atoms with Crippen molar-refractivity contribution in [3.05, 3.63) is 24.3 Å². The number of hydrogen-bond donors (Lipinski definition) is 1. The van der Waals surface area contributed by atoms with Crippen LogP contribution in [0.4, 0.5) is 10.5 Å². The normalized spacial score (nSPS) is 9.17. The third kappa shape index (κ3) is 2.54. The topological polar surface area (TPSA) is 38.3 Å². The molecule has 0 spiro atoms. The molecule has 0 aliphatic heterocycles. The van der Waals surface area contributed by atoms with E-state index in [2.05, 4.69) is 21.2 Å². The van der Waals surface area contributed by atoms with Crippen LogP contribution in [0.15, 0.2) is 24.3 Å². The van der Waals surface area contributed by atoms with Gasteiger partial charge in [0.1, 0.15) is 5.75 Å². The quantitative estimate of drug-likeness (QED) is 0.626. The van der Waals surface area contributed by atoms with E-state index >= 15 is 0 Å². The van der Waals surface area contributed by atoms with Gasteiger partial charge in [0.25, 0.3) is 4.82 Å². The van der Waals surface area contributed by atoms with Crippen LogP contribution in [0.3, 0.4) is 0 Å². The van der Waals surface area contributed by atoms with Gasteiger partial charge in [0.15, 0.2) is 0 Å². The minimum Gasteiger partial charge on any atom is -0.497 e. The summed E-state index contributed by atoms with van der Waals surface area (Å²) in [5.41, 5.74) is 0.705. The number of halogens is 1. The molecule has 0 bridgehead atoms. The molecule has 4 heteroatoms. The van der Waals surface area contributed by atoms with Gasteiger partial charge in [-0.25, -0.2) is 0 Å². The molecule has 0 unspecified atom stereocenters. The molecule has 0 aliphatic carbocycles. The molecule has 0 radical (unpaired) electrons. The van der Waals surface area contributed by atoms with Gasteiger partial charge in [0.2, 0.25) is 0 Å². The first-order valence-corrected chi connectivity index (χ1v) is 4.12. The second-order valence-electron chi connectivity index (χ2n) is 2.13. The summed E-state index contributed by atoms with van der Waals surface area (Å²) in [4.78, 5) is 10.3. The van der Waals surface area contributed by atoms with Crippen molar-refractivity contribution in [1.29, 1.82) is 0 Å². The maximum absolute atomic E-state index is 10.6. The van der Waals surface area contributed by atoms with E-state index in [0.717, 1.165) is 0 Å². The number of nitrogens with one attached hydrogen (secondary N) is 1. The fourth-order valence-corrected chi connectivity index (χ4v) is 1.04. The summed E-state index contributed by atoms with van der Waals surface area (Å²) in [6.45, 7) is 0. The molecule has 1 aromatic rings. The fourth-order valence-electron chi connectivity index (χ4n) is 0.814. The van der Waals surface area contributed by atoms with Gasteiger partial charge >= 0.3 is 0 Å². The number of amides is 1. The minimum atomic E-state index is -0.268. The standard InChI is InChI=1S/C8H8BrNO2/c1-12-7-4-2-3-6(5-7)10-8(9)11/h2-5H,1H3,(H,10,11). The highest BCUT2D eigenvalue weighted by Gasteiger charge is 1.97. The van der Waals surface area contributed by atoms with Crippen molar-refractivity contribution < 1.29 is 9.53 Å². The molecule has 1 rings (SSSR count). The Morgan fingerprint density at radius 3 is 2.92 bits per heavy atom. The number of methoxy groups -OCH3 is 1. The van der Waals surface area contributed by atoms with Crippen LogP contribution in [0.5, 0.6) is 5.75 Å². The first-order valence-electron chi connectivity index (χ1n) is 3.33. The SMILES string of the molecule is COc1cccc(NC(=O)Br)c1. The van der Waals surface area contributed by atoms with Gasteiger partial charge in [0, 0.05) is 27.7 Å². The van der Waals surface area contributed by atoms with Gasteiger partial charge in [-0.15, -0.1) is 0 Å². The number of ether oxygens (including phenoxy) is 1. The van der Waals surface area contributed by atoms with Crippen molar-refractivity contribution in [3.8, 4) is 5.75 Å². The Morgan fingerprint density at radius 2 is 2.33 bits per heavy atom. The maximum atomic E-state index is 10.6. The van der Waals surface area contributed by atoms with Crippen molar-refractivity contribution in [1.82, 2.24) is 0 Å². The number of anilines is 1. The second kappa shape index (κ2) is 4.11. The third-order valence-electron chi connectivity index (χ3n) is 1.31. The van der Waals surface area contributed by atoms with E-state index in [-0.39, 0.29) is 4.82 Å². The zero-order valence-corrected chi connectivity index (χ0v) is 8.09. The van der Waals surface area contributed by atoms with Gasteiger partial charge in [-0.1, -0.05) is 6.07 Å². The van der Waals surface area contributed by atoms with Crippen LogP contribution in [0.1, 0.15) is 0 Å². The van der Waals surface area contributed by atoms with Crippen molar-refractivity contribution in [3.63, 3.8) is 0 Å². The third-order valence-corrected chi connectivity index (χ3v) is 1.51. The lowest BCUT2D eigenvalue weighted by Gasteiger charge is -2.02.